The lowest BCUT2D eigenvalue weighted by atomic mass is 9.91. The Bertz CT molecular complexity index is 740. The van der Waals surface area contributed by atoms with E-state index in [1.165, 1.54) is 4.90 Å². The smallest absolute Gasteiger partial charge is 0.410 e. The van der Waals surface area contributed by atoms with Crippen molar-refractivity contribution in [3.8, 4) is 0 Å². The van der Waals surface area contributed by atoms with E-state index < -0.39 is 30.0 Å². The van der Waals surface area contributed by atoms with Gasteiger partial charge in [0.2, 0.25) is 0 Å². The van der Waals surface area contributed by atoms with Crippen LogP contribution in [-0.2, 0) is 9.53 Å². The molecule has 2 fully saturated rings. The van der Waals surface area contributed by atoms with Crippen molar-refractivity contribution in [1.29, 1.82) is 0 Å². The van der Waals surface area contributed by atoms with Gasteiger partial charge in [0, 0.05) is 44.1 Å². The van der Waals surface area contributed by atoms with Gasteiger partial charge in [-0.3, -0.25) is 0 Å². The van der Waals surface area contributed by atoms with Crippen LogP contribution in [0, 0.1) is 0 Å². The molecule has 8 heteroatoms. The van der Waals surface area contributed by atoms with Gasteiger partial charge >= 0.3 is 12.1 Å². The molecule has 3 rings (SSSR count). The highest BCUT2D eigenvalue weighted by molar-refractivity contribution is 5.78. The molecule has 1 unspecified atom stereocenters. The maximum atomic E-state index is 13.6. The van der Waals surface area contributed by atoms with Crippen LogP contribution in [0.2, 0.25) is 0 Å². The Morgan fingerprint density at radius 3 is 2.32 bits per heavy atom. The van der Waals surface area contributed by atoms with Gasteiger partial charge in [-0.05, 0) is 38.5 Å². The number of amides is 1. The van der Waals surface area contributed by atoms with Gasteiger partial charge in [0.1, 0.15) is 11.6 Å². The van der Waals surface area contributed by atoms with E-state index in [1.807, 2.05) is 32.9 Å². The number of likely N-dealkylation sites (tertiary alicyclic amines) is 1. The molecule has 0 spiro atoms. The van der Waals surface area contributed by atoms with Crippen LogP contribution >= 0.6 is 0 Å². The molecule has 1 atom stereocenters. The van der Waals surface area contributed by atoms with E-state index in [0.717, 1.165) is 5.56 Å². The fourth-order valence-electron chi connectivity index (χ4n) is 3.57. The molecule has 28 heavy (non-hydrogen) atoms. The number of alkyl halides is 2. The Morgan fingerprint density at radius 1 is 1.18 bits per heavy atom. The Morgan fingerprint density at radius 2 is 1.79 bits per heavy atom. The summed E-state index contributed by atoms with van der Waals surface area (Å²) >= 11 is 0. The third-order valence-electron chi connectivity index (χ3n) is 5.10. The van der Waals surface area contributed by atoms with Crippen molar-refractivity contribution >= 4 is 17.7 Å². The monoisotopic (exact) mass is 396 g/mol. The second kappa shape index (κ2) is 7.22. The number of hydrogen-bond acceptors (Lipinski definition) is 4. The Balaban J connectivity index is 1.62. The molecular weight excluding hydrogens is 370 g/mol. The van der Waals surface area contributed by atoms with Crippen LogP contribution in [0.5, 0.6) is 0 Å². The van der Waals surface area contributed by atoms with Gasteiger partial charge in [0.25, 0.3) is 5.92 Å². The predicted octanol–water partition coefficient (Wildman–Crippen LogP) is 3.71. The van der Waals surface area contributed by atoms with Crippen molar-refractivity contribution in [3.63, 3.8) is 0 Å². The summed E-state index contributed by atoms with van der Waals surface area (Å²) in [5, 5.41) is 9.33. The zero-order valence-corrected chi connectivity index (χ0v) is 16.3. The van der Waals surface area contributed by atoms with E-state index >= 15 is 0 Å². The third kappa shape index (κ3) is 4.54. The fraction of sp³-hybridized carbons (Fsp3) is 0.600. The molecular formula is C20H26F2N2O4. The van der Waals surface area contributed by atoms with Gasteiger partial charge in [-0.15, -0.1) is 0 Å². The van der Waals surface area contributed by atoms with Crippen LogP contribution in [0.15, 0.2) is 24.3 Å². The summed E-state index contributed by atoms with van der Waals surface area (Å²) in [6.45, 7) is 6.58. The van der Waals surface area contributed by atoms with Gasteiger partial charge in [0.05, 0.1) is 0 Å². The maximum absolute atomic E-state index is 13.6. The summed E-state index contributed by atoms with van der Waals surface area (Å²) in [5.74, 6) is -4.01. The van der Waals surface area contributed by atoms with E-state index in [4.69, 9.17) is 4.74 Å². The molecule has 1 N–H and O–H groups in total. The summed E-state index contributed by atoms with van der Waals surface area (Å²) in [4.78, 5) is 26.6. The van der Waals surface area contributed by atoms with Crippen LogP contribution in [0.25, 0.3) is 0 Å². The number of hydrogen-bond donors (Lipinski definition) is 1. The summed E-state index contributed by atoms with van der Waals surface area (Å²) in [6, 6.07) is 6.05. The van der Waals surface area contributed by atoms with E-state index in [2.05, 4.69) is 0 Å². The van der Waals surface area contributed by atoms with Crippen molar-refractivity contribution in [1.82, 2.24) is 4.90 Å². The van der Waals surface area contributed by atoms with Crippen LogP contribution in [0.4, 0.5) is 19.3 Å². The number of halogens is 2. The Labute approximate surface area is 163 Å². The second-order valence-corrected chi connectivity index (χ2v) is 8.53. The first-order valence-electron chi connectivity index (χ1n) is 9.40. The highest BCUT2D eigenvalue weighted by atomic mass is 19.3. The number of carbonyl (C=O) groups excluding carboxylic acids is 1. The summed E-state index contributed by atoms with van der Waals surface area (Å²) in [7, 11) is 0. The lowest BCUT2D eigenvalue weighted by Crippen LogP contribution is -2.51. The zero-order chi connectivity index (χ0) is 20.7. The highest BCUT2D eigenvalue weighted by Gasteiger charge is 2.43. The number of ether oxygens (including phenoxy) is 1. The fourth-order valence-corrected chi connectivity index (χ4v) is 3.57. The van der Waals surface area contributed by atoms with Gasteiger partial charge in [-0.25, -0.2) is 18.4 Å². The minimum atomic E-state index is -2.95. The second-order valence-electron chi connectivity index (χ2n) is 8.53. The number of carboxylic acid groups (broad SMARTS) is 1. The number of nitrogens with zero attached hydrogens (tertiary/aromatic N) is 2. The van der Waals surface area contributed by atoms with Crippen LogP contribution in [0.3, 0.4) is 0 Å². The van der Waals surface area contributed by atoms with Crippen molar-refractivity contribution in [2.75, 3.05) is 24.5 Å². The van der Waals surface area contributed by atoms with Crippen LogP contribution in [0.1, 0.15) is 45.1 Å². The summed E-state index contributed by atoms with van der Waals surface area (Å²) in [5.41, 5.74) is 1.11. The molecule has 2 aliphatic heterocycles. The molecule has 2 aliphatic rings. The van der Waals surface area contributed by atoms with Gasteiger partial charge in [-0.2, -0.15) is 0 Å². The molecule has 1 aromatic carbocycles. The van der Waals surface area contributed by atoms with Gasteiger partial charge in [-0.1, -0.05) is 12.1 Å². The molecule has 2 saturated heterocycles. The van der Waals surface area contributed by atoms with Crippen molar-refractivity contribution in [3.05, 3.63) is 29.8 Å². The molecule has 6 nitrogen and oxygen atoms in total. The van der Waals surface area contributed by atoms with Crippen molar-refractivity contribution in [2.24, 2.45) is 0 Å². The molecule has 154 valence electrons. The van der Waals surface area contributed by atoms with E-state index in [0.29, 0.717) is 18.8 Å². The first kappa shape index (κ1) is 20.4. The molecule has 0 saturated carbocycles. The molecule has 0 aromatic heterocycles. The Kier molecular flexibility index (Phi) is 5.25. The lowest BCUT2D eigenvalue weighted by molar-refractivity contribution is -0.143. The number of aliphatic carboxylic acids is 1. The van der Waals surface area contributed by atoms with Crippen LogP contribution < -0.4 is 4.90 Å². The molecule has 1 amide bonds. The Hall–Kier alpha value is -2.38. The lowest BCUT2D eigenvalue weighted by Gasteiger charge is -2.40. The molecule has 0 bridgehead atoms. The minimum absolute atomic E-state index is 0.000830. The average Bonchev–Trinajstić information content (AvgIpc) is 2.51. The minimum Gasteiger partial charge on any atom is -0.480 e. The summed E-state index contributed by atoms with van der Waals surface area (Å²) < 4.78 is 32.5. The van der Waals surface area contributed by atoms with Crippen molar-refractivity contribution in [2.45, 2.75) is 57.1 Å². The maximum Gasteiger partial charge on any atom is 0.410 e. The van der Waals surface area contributed by atoms with Gasteiger partial charge < -0.3 is 19.6 Å². The van der Waals surface area contributed by atoms with E-state index in [-0.39, 0.29) is 25.0 Å². The van der Waals surface area contributed by atoms with Crippen molar-refractivity contribution < 1.29 is 28.2 Å². The van der Waals surface area contributed by atoms with E-state index in [9.17, 15) is 23.5 Å². The standard InChI is InChI=1S/C20H26F2N2O4/c1-19(2,3)28-18(27)23-11-14(12-23)13-4-6-15(7-5-13)24-9-8-20(21,22)10-16(24)17(25)26/h4-7,14,16H,8-12H2,1-3H3,(H,25,26). The SMILES string of the molecule is CC(C)(C)OC(=O)N1CC(c2ccc(N3CCC(F)(F)CC3C(=O)O)cc2)C1. The highest BCUT2D eigenvalue weighted by Crippen LogP contribution is 2.36. The largest absolute Gasteiger partial charge is 0.480 e. The number of anilines is 1. The first-order valence-corrected chi connectivity index (χ1v) is 9.40. The number of carbonyl (C=O) groups is 2. The van der Waals surface area contributed by atoms with E-state index in [1.54, 1.807) is 17.0 Å². The third-order valence-corrected chi connectivity index (χ3v) is 5.10. The molecule has 0 radical (unpaired) electrons. The number of piperidine rings is 1. The molecule has 0 aliphatic carbocycles. The normalized spacial score (nSPS) is 22.5. The molecule has 1 aromatic rings. The predicted molar refractivity (Wildman–Crippen MR) is 99.9 cm³/mol. The zero-order valence-electron chi connectivity index (χ0n) is 16.3. The molecule has 2 heterocycles. The van der Waals surface area contributed by atoms with Crippen LogP contribution in [-0.4, -0.2) is 59.3 Å². The number of rotatable bonds is 3. The number of carboxylic acids is 1. The van der Waals surface area contributed by atoms with Gasteiger partial charge in [0.15, 0.2) is 0 Å². The number of benzene rings is 1. The summed E-state index contributed by atoms with van der Waals surface area (Å²) in [6.07, 6.45) is -1.37. The average molecular weight is 396 g/mol. The first-order chi connectivity index (χ1) is 13.0. The topological polar surface area (TPSA) is 70.1 Å². The quantitative estimate of drug-likeness (QED) is 0.844.